The van der Waals surface area contributed by atoms with E-state index < -0.39 is 0 Å². The van der Waals surface area contributed by atoms with Crippen molar-refractivity contribution in [1.29, 1.82) is 0 Å². The SMILES string of the molecule is CCCNC(c1cscc1C)C(CC)CC. The summed E-state index contributed by atoms with van der Waals surface area (Å²) in [6.07, 6.45) is 3.72. The van der Waals surface area contributed by atoms with Crippen LogP contribution in [0, 0.1) is 12.8 Å². The molecule has 0 aliphatic rings. The molecule has 1 unspecified atom stereocenters. The van der Waals surface area contributed by atoms with Crippen molar-refractivity contribution in [2.45, 2.75) is 53.0 Å². The smallest absolute Gasteiger partial charge is 0.0359 e. The Hall–Kier alpha value is -0.340. The first-order valence-corrected chi connectivity index (χ1v) is 7.44. The van der Waals surface area contributed by atoms with Gasteiger partial charge in [0.2, 0.25) is 0 Å². The van der Waals surface area contributed by atoms with Gasteiger partial charge in [-0.1, -0.05) is 33.6 Å². The third-order valence-corrected chi connectivity index (χ3v) is 4.24. The van der Waals surface area contributed by atoms with Crippen LogP contribution in [0.5, 0.6) is 0 Å². The van der Waals surface area contributed by atoms with Crippen molar-refractivity contribution in [2.24, 2.45) is 5.92 Å². The number of thiophene rings is 1. The van der Waals surface area contributed by atoms with E-state index in [1.54, 1.807) is 0 Å². The fourth-order valence-corrected chi connectivity index (χ4v) is 3.17. The second kappa shape index (κ2) is 7.08. The van der Waals surface area contributed by atoms with Gasteiger partial charge in [0.15, 0.2) is 0 Å². The number of hydrogen-bond acceptors (Lipinski definition) is 2. The second-order valence-corrected chi connectivity index (χ2v) is 5.26. The standard InChI is InChI=1S/C14H25NS/c1-5-8-15-14(12(6-2)7-3)13-10-16-9-11(13)4/h9-10,12,14-15H,5-8H2,1-4H3. The van der Waals surface area contributed by atoms with Crippen molar-refractivity contribution in [1.82, 2.24) is 5.32 Å². The first kappa shape index (κ1) is 13.7. The molecule has 1 atom stereocenters. The van der Waals surface area contributed by atoms with Gasteiger partial charge < -0.3 is 5.32 Å². The molecule has 2 heteroatoms. The highest BCUT2D eigenvalue weighted by atomic mass is 32.1. The predicted octanol–water partition coefficient (Wildman–Crippen LogP) is 4.53. The minimum atomic E-state index is 0.557. The van der Waals surface area contributed by atoms with Crippen LogP contribution in [0.3, 0.4) is 0 Å². The molecule has 0 saturated carbocycles. The van der Waals surface area contributed by atoms with Crippen molar-refractivity contribution < 1.29 is 0 Å². The Bertz CT molecular complexity index is 289. The second-order valence-electron chi connectivity index (χ2n) is 4.52. The minimum Gasteiger partial charge on any atom is -0.310 e. The summed E-state index contributed by atoms with van der Waals surface area (Å²) < 4.78 is 0. The van der Waals surface area contributed by atoms with Gasteiger partial charge in [0, 0.05) is 6.04 Å². The molecule has 0 aromatic carbocycles. The molecule has 0 aliphatic heterocycles. The molecule has 92 valence electrons. The highest BCUT2D eigenvalue weighted by Gasteiger charge is 2.21. The van der Waals surface area contributed by atoms with Gasteiger partial charge in [-0.15, -0.1) is 0 Å². The number of rotatable bonds is 7. The largest absolute Gasteiger partial charge is 0.310 e. The Balaban J connectivity index is 2.82. The molecular formula is C14H25NS. The molecule has 0 amide bonds. The molecule has 16 heavy (non-hydrogen) atoms. The molecule has 1 nitrogen and oxygen atoms in total. The van der Waals surface area contributed by atoms with E-state index >= 15 is 0 Å². The molecule has 0 bridgehead atoms. The lowest BCUT2D eigenvalue weighted by Gasteiger charge is -2.27. The van der Waals surface area contributed by atoms with Gasteiger partial charge in [0.25, 0.3) is 0 Å². The molecule has 0 aliphatic carbocycles. The highest BCUT2D eigenvalue weighted by Crippen LogP contribution is 2.31. The van der Waals surface area contributed by atoms with Crippen molar-refractivity contribution in [3.63, 3.8) is 0 Å². The number of hydrogen-bond donors (Lipinski definition) is 1. The molecule has 1 aromatic heterocycles. The number of aryl methyl sites for hydroxylation is 1. The Labute approximate surface area is 104 Å². The maximum Gasteiger partial charge on any atom is 0.0359 e. The fourth-order valence-electron chi connectivity index (χ4n) is 2.28. The first-order valence-electron chi connectivity index (χ1n) is 6.50. The Kier molecular flexibility index (Phi) is 6.07. The minimum absolute atomic E-state index is 0.557. The van der Waals surface area contributed by atoms with E-state index in [4.69, 9.17) is 0 Å². The van der Waals surface area contributed by atoms with Gasteiger partial charge in [-0.05, 0) is 47.7 Å². The average molecular weight is 239 g/mol. The van der Waals surface area contributed by atoms with Crippen LogP contribution in [-0.2, 0) is 0 Å². The van der Waals surface area contributed by atoms with Gasteiger partial charge in [0.1, 0.15) is 0 Å². The average Bonchev–Trinajstić information content (AvgIpc) is 2.71. The maximum atomic E-state index is 3.72. The zero-order valence-electron chi connectivity index (χ0n) is 11.0. The summed E-state index contributed by atoms with van der Waals surface area (Å²) in [6.45, 7) is 10.2. The van der Waals surface area contributed by atoms with Gasteiger partial charge in [0.05, 0.1) is 0 Å². The molecule has 1 rings (SSSR count). The van der Waals surface area contributed by atoms with Crippen molar-refractivity contribution >= 4 is 11.3 Å². The molecular weight excluding hydrogens is 214 g/mol. The molecule has 0 spiro atoms. The van der Waals surface area contributed by atoms with Crippen molar-refractivity contribution in [2.75, 3.05) is 6.54 Å². The Morgan fingerprint density at radius 3 is 2.31 bits per heavy atom. The van der Waals surface area contributed by atoms with E-state index in [-0.39, 0.29) is 0 Å². The van der Waals surface area contributed by atoms with Crippen LogP contribution in [-0.4, -0.2) is 6.54 Å². The summed E-state index contributed by atoms with van der Waals surface area (Å²) in [5.41, 5.74) is 2.97. The number of nitrogens with one attached hydrogen (secondary N) is 1. The van der Waals surface area contributed by atoms with Crippen LogP contribution in [0.1, 0.15) is 57.2 Å². The summed E-state index contributed by atoms with van der Waals surface area (Å²) >= 11 is 1.83. The summed E-state index contributed by atoms with van der Waals surface area (Å²) in [6, 6.07) is 0.557. The first-order chi connectivity index (χ1) is 7.74. The van der Waals surface area contributed by atoms with E-state index in [9.17, 15) is 0 Å². The summed E-state index contributed by atoms with van der Waals surface area (Å²) in [4.78, 5) is 0. The topological polar surface area (TPSA) is 12.0 Å². The monoisotopic (exact) mass is 239 g/mol. The highest BCUT2D eigenvalue weighted by molar-refractivity contribution is 7.08. The lowest BCUT2D eigenvalue weighted by atomic mass is 9.88. The van der Waals surface area contributed by atoms with E-state index in [0.717, 1.165) is 12.5 Å². The third kappa shape index (κ3) is 3.33. The van der Waals surface area contributed by atoms with Crippen LogP contribution in [0.25, 0.3) is 0 Å². The lowest BCUT2D eigenvalue weighted by Crippen LogP contribution is -2.28. The van der Waals surface area contributed by atoms with Crippen LogP contribution < -0.4 is 5.32 Å². The summed E-state index contributed by atoms with van der Waals surface area (Å²) in [7, 11) is 0. The van der Waals surface area contributed by atoms with Crippen molar-refractivity contribution in [3.05, 3.63) is 21.9 Å². The molecule has 1 N–H and O–H groups in total. The summed E-state index contributed by atoms with van der Waals surface area (Å²) in [5.74, 6) is 0.764. The quantitative estimate of drug-likeness (QED) is 0.737. The van der Waals surface area contributed by atoms with E-state index in [0.29, 0.717) is 6.04 Å². The Morgan fingerprint density at radius 2 is 1.88 bits per heavy atom. The molecule has 0 saturated heterocycles. The van der Waals surface area contributed by atoms with Gasteiger partial charge >= 0.3 is 0 Å². The molecule has 0 fully saturated rings. The van der Waals surface area contributed by atoms with E-state index in [1.807, 2.05) is 11.3 Å². The molecule has 1 aromatic rings. The van der Waals surface area contributed by atoms with E-state index in [1.165, 1.54) is 30.4 Å². The Morgan fingerprint density at radius 1 is 1.19 bits per heavy atom. The zero-order chi connectivity index (χ0) is 12.0. The van der Waals surface area contributed by atoms with Crippen LogP contribution in [0.4, 0.5) is 0 Å². The van der Waals surface area contributed by atoms with Crippen LogP contribution in [0.2, 0.25) is 0 Å². The van der Waals surface area contributed by atoms with Gasteiger partial charge in [-0.3, -0.25) is 0 Å². The van der Waals surface area contributed by atoms with Crippen molar-refractivity contribution in [3.8, 4) is 0 Å². The maximum absolute atomic E-state index is 3.72. The fraction of sp³-hybridized carbons (Fsp3) is 0.714. The van der Waals surface area contributed by atoms with Crippen LogP contribution in [0.15, 0.2) is 10.8 Å². The molecule has 1 heterocycles. The molecule has 0 radical (unpaired) electrons. The lowest BCUT2D eigenvalue weighted by molar-refractivity contribution is 0.341. The summed E-state index contributed by atoms with van der Waals surface area (Å²) in [5, 5.41) is 8.30. The normalized spacial score (nSPS) is 13.3. The van der Waals surface area contributed by atoms with E-state index in [2.05, 4.69) is 43.8 Å². The van der Waals surface area contributed by atoms with Gasteiger partial charge in [-0.25, -0.2) is 0 Å². The third-order valence-electron chi connectivity index (χ3n) is 3.36. The zero-order valence-corrected chi connectivity index (χ0v) is 11.9. The van der Waals surface area contributed by atoms with Gasteiger partial charge in [-0.2, -0.15) is 11.3 Å². The van der Waals surface area contributed by atoms with Crippen LogP contribution >= 0.6 is 11.3 Å². The predicted molar refractivity (Wildman–Crippen MR) is 74.2 cm³/mol.